The predicted molar refractivity (Wildman–Crippen MR) is 142 cm³/mol. The number of aryl methyl sites for hydroxylation is 1. The van der Waals surface area contributed by atoms with Crippen molar-refractivity contribution in [3.63, 3.8) is 0 Å². The first kappa shape index (κ1) is 27.3. The largest absolute Gasteiger partial charge is 0.494 e. The minimum Gasteiger partial charge on any atom is -0.494 e. The summed E-state index contributed by atoms with van der Waals surface area (Å²) < 4.78 is 49.9. The van der Waals surface area contributed by atoms with Gasteiger partial charge in [-0.25, -0.2) is 13.2 Å². The van der Waals surface area contributed by atoms with Crippen molar-refractivity contribution >= 4 is 0 Å². The molecule has 1 saturated carbocycles. The molecule has 2 nitrogen and oxygen atoms in total. The summed E-state index contributed by atoms with van der Waals surface area (Å²) in [5.74, 6) is -0.646. The van der Waals surface area contributed by atoms with Crippen LogP contribution in [0.1, 0.15) is 87.5 Å². The molecule has 0 saturated heterocycles. The Bertz CT molecular complexity index is 1170. The van der Waals surface area contributed by atoms with E-state index in [9.17, 15) is 18.3 Å². The third kappa shape index (κ3) is 6.56. The van der Waals surface area contributed by atoms with Crippen LogP contribution in [0.2, 0.25) is 0 Å². The molecule has 0 aliphatic heterocycles. The van der Waals surface area contributed by atoms with Crippen LogP contribution in [0.3, 0.4) is 0 Å². The second-order valence-electron chi connectivity index (χ2n) is 10.2. The van der Waals surface area contributed by atoms with Crippen molar-refractivity contribution < 1.29 is 23.0 Å². The van der Waals surface area contributed by atoms with E-state index in [2.05, 4.69) is 0 Å². The monoisotopic (exact) mass is 510 g/mol. The lowest BCUT2D eigenvalue weighted by atomic mass is 9.76. The number of rotatable bonds is 10. The van der Waals surface area contributed by atoms with Gasteiger partial charge >= 0.3 is 0 Å². The molecule has 3 aromatic carbocycles. The molecule has 0 radical (unpaired) electrons. The molecule has 198 valence electrons. The highest BCUT2D eigenvalue weighted by molar-refractivity contribution is 5.65. The van der Waals surface area contributed by atoms with Crippen molar-refractivity contribution in [1.82, 2.24) is 0 Å². The average Bonchev–Trinajstić information content (AvgIpc) is 2.90. The molecule has 4 rings (SSSR count). The fourth-order valence-corrected chi connectivity index (χ4v) is 5.55. The fraction of sp³-hybridized carbons (Fsp3) is 0.438. The number of benzene rings is 3. The SMILES string of the molecule is CCCC(O)c1ccc(-c2ccc(CCC3CCC(c4ccc(OCC)cc4F)CC3)c(F)c2F)cc1. The normalized spacial score (nSPS) is 18.5. The maximum Gasteiger partial charge on any atom is 0.166 e. The van der Waals surface area contributed by atoms with Crippen LogP contribution in [0, 0.1) is 23.4 Å². The third-order valence-electron chi connectivity index (χ3n) is 7.72. The summed E-state index contributed by atoms with van der Waals surface area (Å²) in [4.78, 5) is 0. The Hall–Kier alpha value is -2.79. The van der Waals surface area contributed by atoms with Gasteiger partial charge in [-0.3, -0.25) is 0 Å². The predicted octanol–water partition coefficient (Wildman–Crippen LogP) is 8.91. The summed E-state index contributed by atoms with van der Waals surface area (Å²) in [6.45, 7) is 4.39. The molecule has 1 N–H and O–H groups in total. The zero-order chi connectivity index (χ0) is 26.4. The van der Waals surface area contributed by atoms with Gasteiger partial charge in [0.1, 0.15) is 11.6 Å². The van der Waals surface area contributed by atoms with Crippen molar-refractivity contribution in [3.05, 3.63) is 88.7 Å². The molecule has 1 aliphatic carbocycles. The van der Waals surface area contributed by atoms with E-state index in [0.29, 0.717) is 42.2 Å². The topological polar surface area (TPSA) is 29.5 Å². The fourth-order valence-electron chi connectivity index (χ4n) is 5.55. The molecule has 0 heterocycles. The Morgan fingerprint density at radius 2 is 1.62 bits per heavy atom. The summed E-state index contributed by atoms with van der Waals surface area (Å²) in [5, 5.41) is 10.1. The summed E-state index contributed by atoms with van der Waals surface area (Å²) in [7, 11) is 0. The van der Waals surface area contributed by atoms with E-state index in [0.717, 1.165) is 49.7 Å². The van der Waals surface area contributed by atoms with Gasteiger partial charge in [0.25, 0.3) is 0 Å². The van der Waals surface area contributed by atoms with Crippen molar-refractivity contribution in [1.29, 1.82) is 0 Å². The molecule has 3 aromatic rings. The van der Waals surface area contributed by atoms with Gasteiger partial charge in [-0.15, -0.1) is 0 Å². The van der Waals surface area contributed by atoms with Gasteiger partial charge in [0.2, 0.25) is 0 Å². The molecular weight excluding hydrogens is 473 g/mol. The van der Waals surface area contributed by atoms with Crippen LogP contribution in [0.4, 0.5) is 13.2 Å². The molecule has 0 spiro atoms. The molecule has 5 heteroatoms. The van der Waals surface area contributed by atoms with E-state index < -0.39 is 17.7 Å². The van der Waals surface area contributed by atoms with Crippen molar-refractivity contribution in [3.8, 4) is 16.9 Å². The second kappa shape index (κ2) is 12.6. The highest BCUT2D eigenvalue weighted by atomic mass is 19.2. The molecule has 0 amide bonds. The summed E-state index contributed by atoms with van der Waals surface area (Å²) in [6, 6.07) is 15.5. The van der Waals surface area contributed by atoms with Gasteiger partial charge in [0, 0.05) is 11.6 Å². The molecule has 1 fully saturated rings. The Morgan fingerprint density at radius 3 is 2.27 bits per heavy atom. The van der Waals surface area contributed by atoms with Crippen molar-refractivity contribution in [2.45, 2.75) is 77.2 Å². The maximum absolute atomic E-state index is 15.0. The zero-order valence-corrected chi connectivity index (χ0v) is 21.8. The van der Waals surface area contributed by atoms with Gasteiger partial charge in [-0.1, -0.05) is 55.8 Å². The quantitative estimate of drug-likeness (QED) is 0.295. The molecule has 1 aliphatic rings. The number of halogens is 3. The number of hydrogen-bond acceptors (Lipinski definition) is 2. The van der Waals surface area contributed by atoms with Gasteiger partial charge in [0.15, 0.2) is 11.6 Å². The van der Waals surface area contributed by atoms with Gasteiger partial charge in [-0.2, -0.15) is 0 Å². The Labute approximate surface area is 218 Å². The zero-order valence-electron chi connectivity index (χ0n) is 21.8. The molecule has 0 bridgehead atoms. The first-order chi connectivity index (χ1) is 17.9. The van der Waals surface area contributed by atoms with E-state index in [1.807, 2.05) is 26.0 Å². The third-order valence-corrected chi connectivity index (χ3v) is 7.72. The van der Waals surface area contributed by atoms with Crippen molar-refractivity contribution in [2.75, 3.05) is 6.61 Å². The first-order valence-electron chi connectivity index (χ1n) is 13.6. The van der Waals surface area contributed by atoms with E-state index in [-0.39, 0.29) is 17.3 Å². The van der Waals surface area contributed by atoms with Crippen LogP contribution in [-0.2, 0) is 6.42 Å². The van der Waals surface area contributed by atoms with E-state index in [1.165, 1.54) is 6.07 Å². The van der Waals surface area contributed by atoms with Crippen LogP contribution in [0.5, 0.6) is 5.75 Å². The molecule has 37 heavy (non-hydrogen) atoms. The van der Waals surface area contributed by atoms with Crippen molar-refractivity contribution in [2.24, 2.45) is 5.92 Å². The number of ether oxygens (including phenoxy) is 1. The Morgan fingerprint density at radius 1 is 0.892 bits per heavy atom. The lowest BCUT2D eigenvalue weighted by Gasteiger charge is -2.29. The first-order valence-corrected chi connectivity index (χ1v) is 13.6. The highest BCUT2D eigenvalue weighted by Crippen LogP contribution is 2.39. The van der Waals surface area contributed by atoms with E-state index in [1.54, 1.807) is 36.4 Å². The summed E-state index contributed by atoms with van der Waals surface area (Å²) in [6.07, 6.45) is 5.96. The Balaban J connectivity index is 1.34. The maximum atomic E-state index is 15.0. The summed E-state index contributed by atoms with van der Waals surface area (Å²) in [5.41, 5.74) is 2.75. The van der Waals surface area contributed by atoms with Crippen LogP contribution >= 0.6 is 0 Å². The lowest BCUT2D eigenvalue weighted by molar-refractivity contribution is 0.166. The van der Waals surface area contributed by atoms with Crippen LogP contribution in [-0.4, -0.2) is 11.7 Å². The Kier molecular flexibility index (Phi) is 9.31. The van der Waals surface area contributed by atoms with Crippen LogP contribution < -0.4 is 4.74 Å². The van der Waals surface area contributed by atoms with Gasteiger partial charge in [0.05, 0.1) is 12.7 Å². The van der Waals surface area contributed by atoms with Gasteiger partial charge < -0.3 is 9.84 Å². The molecule has 1 atom stereocenters. The van der Waals surface area contributed by atoms with Gasteiger partial charge in [-0.05, 0) is 92.0 Å². The standard InChI is InChI=1S/C32H37F3O2/c1-3-5-30(36)24-14-12-23(13-15-24)28-18-16-25(31(34)32(28)35)11-8-21-6-9-22(10-7-21)27-19-17-26(37-4-2)20-29(27)33/h12-22,30,36H,3-11H2,1-2H3. The molecular formula is C32H37F3O2. The van der Waals surface area contributed by atoms with Crippen LogP contribution in [0.25, 0.3) is 11.1 Å². The smallest absolute Gasteiger partial charge is 0.166 e. The van der Waals surface area contributed by atoms with E-state index >= 15 is 0 Å². The number of aliphatic hydroxyl groups excluding tert-OH is 1. The van der Waals surface area contributed by atoms with Crippen LogP contribution in [0.15, 0.2) is 54.6 Å². The molecule has 0 aromatic heterocycles. The summed E-state index contributed by atoms with van der Waals surface area (Å²) >= 11 is 0. The minimum absolute atomic E-state index is 0.190. The second-order valence-corrected chi connectivity index (χ2v) is 10.2. The number of aliphatic hydroxyl groups is 1. The average molecular weight is 511 g/mol. The van der Waals surface area contributed by atoms with E-state index in [4.69, 9.17) is 4.74 Å². The lowest BCUT2D eigenvalue weighted by Crippen LogP contribution is -2.15. The number of hydrogen-bond donors (Lipinski definition) is 1. The minimum atomic E-state index is -0.825. The molecule has 1 unspecified atom stereocenters. The highest BCUT2D eigenvalue weighted by Gasteiger charge is 2.25.